The summed E-state index contributed by atoms with van der Waals surface area (Å²) < 4.78 is 5.54. The van der Waals surface area contributed by atoms with Gasteiger partial charge in [0, 0.05) is 16.0 Å². The molecule has 0 saturated carbocycles. The summed E-state index contributed by atoms with van der Waals surface area (Å²) in [5.41, 5.74) is 5.19. The van der Waals surface area contributed by atoms with Crippen LogP contribution in [0.5, 0.6) is 5.75 Å². The predicted octanol–water partition coefficient (Wildman–Crippen LogP) is 7.04. The van der Waals surface area contributed by atoms with E-state index in [4.69, 9.17) is 21.3 Å². The minimum Gasteiger partial charge on any atom is -0.494 e. The first-order valence-corrected chi connectivity index (χ1v) is 9.01. The van der Waals surface area contributed by atoms with Gasteiger partial charge in [0.1, 0.15) is 5.75 Å². The van der Waals surface area contributed by atoms with Crippen LogP contribution in [-0.2, 0) is 0 Å². The molecule has 1 heterocycles. The summed E-state index contributed by atoms with van der Waals surface area (Å²) in [5.74, 6) is 0.868. The third-order valence-corrected chi connectivity index (χ3v) is 4.55. The summed E-state index contributed by atoms with van der Waals surface area (Å²) in [4.78, 5) is 4.85. The summed E-state index contributed by atoms with van der Waals surface area (Å²) >= 11 is 6.24. The fraction of sp³-hybridized carbons (Fsp3) is 0.0870. The molecule has 0 bridgehead atoms. The molecule has 136 valence electrons. The highest BCUT2D eigenvalue weighted by Crippen LogP contribution is 2.33. The lowest BCUT2D eigenvalue weighted by atomic mass is 9.98. The van der Waals surface area contributed by atoms with E-state index in [0.29, 0.717) is 11.6 Å². The van der Waals surface area contributed by atoms with Gasteiger partial charge in [0.15, 0.2) is 0 Å². The van der Waals surface area contributed by atoms with Crippen molar-refractivity contribution in [1.29, 1.82) is 0 Å². The van der Waals surface area contributed by atoms with Gasteiger partial charge in [-0.2, -0.15) is 0 Å². The van der Waals surface area contributed by atoms with Crippen molar-refractivity contribution in [3.8, 4) is 28.1 Å². The average Bonchev–Trinajstić information content (AvgIpc) is 2.69. The summed E-state index contributed by atoms with van der Waals surface area (Å²) in [6, 6.07) is 26.3. The first kappa shape index (κ1) is 19.2. The van der Waals surface area contributed by atoms with Gasteiger partial charge in [0.2, 0.25) is 0 Å². The average molecular weight is 396 g/mol. The van der Waals surface area contributed by atoms with Crippen LogP contribution in [0.4, 0.5) is 0 Å². The van der Waals surface area contributed by atoms with Crippen LogP contribution in [0.2, 0.25) is 5.02 Å². The first-order chi connectivity index (χ1) is 12.7. The van der Waals surface area contributed by atoms with E-state index in [9.17, 15) is 0 Å². The zero-order valence-electron chi connectivity index (χ0n) is 14.9. The van der Waals surface area contributed by atoms with Crippen LogP contribution in [0, 0.1) is 0 Å². The van der Waals surface area contributed by atoms with Crippen molar-refractivity contribution >= 4 is 34.9 Å². The van der Waals surface area contributed by atoms with E-state index >= 15 is 0 Å². The van der Waals surface area contributed by atoms with E-state index in [0.717, 1.165) is 39.0 Å². The Balaban J connectivity index is 0.00000210. The van der Waals surface area contributed by atoms with Gasteiger partial charge >= 0.3 is 0 Å². The van der Waals surface area contributed by atoms with Crippen molar-refractivity contribution in [2.45, 2.75) is 6.92 Å². The molecule has 0 radical (unpaired) electrons. The third-order valence-electron chi connectivity index (χ3n) is 4.32. The van der Waals surface area contributed by atoms with Gasteiger partial charge in [-0.15, -0.1) is 12.4 Å². The van der Waals surface area contributed by atoms with Gasteiger partial charge in [-0.3, -0.25) is 0 Å². The maximum absolute atomic E-state index is 6.24. The van der Waals surface area contributed by atoms with Crippen molar-refractivity contribution in [2.75, 3.05) is 6.61 Å². The number of halogens is 2. The molecule has 0 unspecified atom stereocenters. The minimum absolute atomic E-state index is 0. The molecule has 0 amide bonds. The number of ether oxygens (including phenoxy) is 1. The molecular formula is C23H19Cl2NO. The lowest BCUT2D eigenvalue weighted by Gasteiger charge is -2.11. The highest BCUT2D eigenvalue weighted by atomic mass is 35.5. The van der Waals surface area contributed by atoms with Crippen LogP contribution in [0.3, 0.4) is 0 Å². The van der Waals surface area contributed by atoms with Crippen LogP contribution < -0.4 is 4.74 Å². The van der Waals surface area contributed by atoms with Crippen LogP contribution >= 0.6 is 24.0 Å². The lowest BCUT2D eigenvalue weighted by molar-refractivity contribution is 0.340. The largest absolute Gasteiger partial charge is 0.494 e. The molecule has 4 rings (SSSR count). The normalized spacial score (nSPS) is 10.4. The summed E-state index contributed by atoms with van der Waals surface area (Å²) in [7, 11) is 0. The fourth-order valence-electron chi connectivity index (χ4n) is 3.09. The van der Waals surface area contributed by atoms with Crippen LogP contribution in [-0.4, -0.2) is 11.6 Å². The Hall–Kier alpha value is -2.55. The van der Waals surface area contributed by atoms with Gasteiger partial charge in [0.05, 0.1) is 17.8 Å². The molecule has 0 spiro atoms. The van der Waals surface area contributed by atoms with Crippen molar-refractivity contribution in [1.82, 2.24) is 4.98 Å². The molecule has 0 atom stereocenters. The Morgan fingerprint density at radius 2 is 1.59 bits per heavy atom. The van der Waals surface area contributed by atoms with Gasteiger partial charge in [-0.25, -0.2) is 4.98 Å². The van der Waals surface area contributed by atoms with Gasteiger partial charge in [-0.05, 0) is 66.6 Å². The van der Waals surface area contributed by atoms with E-state index in [1.165, 1.54) is 0 Å². The second-order valence-corrected chi connectivity index (χ2v) is 6.48. The highest BCUT2D eigenvalue weighted by Gasteiger charge is 2.10. The number of hydrogen-bond acceptors (Lipinski definition) is 2. The molecule has 0 aliphatic carbocycles. The molecule has 0 aliphatic heterocycles. The molecule has 0 aliphatic rings. The molecule has 27 heavy (non-hydrogen) atoms. The predicted molar refractivity (Wildman–Crippen MR) is 116 cm³/mol. The van der Waals surface area contributed by atoms with Crippen molar-refractivity contribution in [3.63, 3.8) is 0 Å². The molecule has 0 saturated heterocycles. The Kier molecular flexibility index (Phi) is 6.00. The van der Waals surface area contributed by atoms with Crippen molar-refractivity contribution < 1.29 is 4.74 Å². The summed E-state index contributed by atoms with van der Waals surface area (Å²) in [5, 5.41) is 1.77. The number of rotatable bonds is 4. The molecular weight excluding hydrogens is 377 g/mol. The standard InChI is InChI=1S/C23H18ClNO.ClH/c1-2-26-19-11-8-17(9-12-19)23-15-20(16-6-4-3-5-7-16)21-14-18(24)10-13-22(21)25-23;/h3-15H,2H2,1H3;1H. The number of benzene rings is 3. The molecule has 4 heteroatoms. The Bertz CT molecular complexity index is 1050. The number of hydrogen-bond donors (Lipinski definition) is 0. The smallest absolute Gasteiger partial charge is 0.119 e. The first-order valence-electron chi connectivity index (χ1n) is 8.63. The number of aromatic nitrogens is 1. The molecule has 2 nitrogen and oxygen atoms in total. The minimum atomic E-state index is 0. The van der Waals surface area contributed by atoms with Gasteiger partial charge in [0.25, 0.3) is 0 Å². The molecule has 4 aromatic rings. The zero-order chi connectivity index (χ0) is 17.9. The monoisotopic (exact) mass is 395 g/mol. The third kappa shape index (κ3) is 4.08. The Labute approximate surface area is 170 Å². The van der Waals surface area contributed by atoms with E-state index < -0.39 is 0 Å². The number of pyridine rings is 1. The Morgan fingerprint density at radius 3 is 2.30 bits per heavy atom. The lowest BCUT2D eigenvalue weighted by Crippen LogP contribution is -1.92. The fourth-order valence-corrected chi connectivity index (χ4v) is 3.26. The van der Waals surface area contributed by atoms with E-state index in [1.54, 1.807) is 0 Å². The topological polar surface area (TPSA) is 22.1 Å². The zero-order valence-corrected chi connectivity index (χ0v) is 16.4. The Morgan fingerprint density at radius 1 is 0.852 bits per heavy atom. The number of fused-ring (bicyclic) bond motifs is 1. The van der Waals surface area contributed by atoms with E-state index in [1.807, 2.05) is 67.6 Å². The van der Waals surface area contributed by atoms with E-state index in [2.05, 4.69) is 18.2 Å². The molecule has 3 aromatic carbocycles. The van der Waals surface area contributed by atoms with Crippen molar-refractivity contribution in [2.24, 2.45) is 0 Å². The maximum Gasteiger partial charge on any atom is 0.119 e. The SMILES string of the molecule is CCOc1ccc(-c2cc(-c3ccccc3)c3cc(Cl)ccc3n2)cc1.Cl. The van der Waals surface area contributed by atoms with Gasteiger partial charge < -0.3 is 4.74 Å². The second-order valence-electron chi connectivity index (χ2n) is 6.04. The van der Waals surface area contributed by atoms with E-state index in [-0.39, 0.29) is 12.4 Å². The molecule has 1 aromatic heterocycles. The summed E-state index contributed by atoms with van der Waals surface area (Å²) in [6.07, 6.45) is 0. The second kappa shape index (κ2) is 8.43. The van der Waals surface area contributed by atoms with Crippen LogP contribution in [0.1, 0.15) is 6.92 Å². The molecule has 0 fully saturated rings. The summed E-state index contributed by atoms with van der Waals surface area (Å²) in [6.45, 7) is 2.64. The molecule has 0 N–H and O–H groups in total. The quantitative estimate of drug-likeness (QED) is 0.369. The number of nitrogens with zero attached hydrogens (tertiary/aromatic N) is 1. The van der Waals surface area contributed by atoms with Gasteiger partial charge in [-0.1, -0.05) is 41.9 Å². The van der Waals surface area contributed by atoms with Crippen LogP contribution in [0.15, 0.2) is 78.9 Å². The van der Waals surface area contributed by atoms with Crippen LogP contribution in [0.25, 0.3) is 33.3 Å². The highest BCUT2D eigenvalue weighted by molar-refractivity contribution is 6.31. The maximum atomic E-state index is 6.24. The van der Waals surface area contributed by atoms with Crippen molar-refractivity contribution in [3.05, 3.63) is 83.9 Å².